The molecule has 0 radical (unpaired) electrons. The molecule has 18 heavy (non-hydrogen) atoms. The van der Waals surface area contributed by atoms with Gasteiger partial charge in [0.05, 0.1) is 5.52 Å². The van der Waals surface area contributed by atoms with Gasteiger partial charge in [0.1, 0.15) is 11.4 Å². The van der Waals surface area contributed by atoms with E-state index in [0.29, 0.717) is 5.15 Å². The van der Waals surface area contributed by atoms with Gasteiger partial charge in [-0.05, 0) is 36.4 Å². The lowest BCUT2D eigenvalue weighted by atomic mass is 10.3. The molecular weight excluding hydrogens is 250 g/mol. The SMILES string of the molecule is Oc1ccc(Nc2c(Cl)nn3ccccc23)cc1. The Hall–Kier alpha value is -2.20. The number of halogens is 1. The minimum absolute atomic E-state index is 0.228. The first-order valence-corrected chi connectivity index (χ1v) is 5.81. The van der Waals surface area contributed by atoms with Gasteiger partial charge in [-0.3, -0.25) is 0 Å². The van der Waals surface area contributed by atoms with Crippen LogP contribution >= 0.6 is 11.6 Å². The zero-order valence-corrected chi connectivity index (χ0v) is 10.1. The summed E-state index contributed by atoms with van der Waals surface area (Å²) in [6.07, 6.45) is 1.84. The lowest BCUT2D eigenvalue weighted by Gasteiger charge is -2.05. The summed E-state index contributed by atoms with van der Waals surface area (Å²) in [5.41, 5.74) is 2.49. The molecule has 0 fully saturated rings. The molecular formula is C13H10ClN3O. The summed E-state index contributed by atoms with van der Waals surface area (Å²) < 4.78 is 1.71. The van der Waals surface area contributed by atoms with Gasteiger partial charge < -0.3 is 10.4 Å². The van der Waals surface area contributed by atoms with E-state index in [1.54, 1.807) is 28.8 Å². The highest BCUT2D eigenvalue weighted by Gasteiger charge is 2.10. The number of phenolic OH excluding ortho intramolecular Hbond substituents is 1. The third-order valence-electron chi connectivity index (χ3n) is 2.63. The van der Waals surface area contributed by atoms with Gasteiger partial charge in [-0.2, -0.15) is 5.10 Å². The van der Waals surface area contributed by atoms with Crippen molar-refractivity contribution < 1.29 is 5.11 Å². The minimum atomic E-state index is 0.228. The van der Waals surface area contributed by atoms with Crippen molar-refractivity contribution in [2.75, 3.05) is 5.32 Å². The molecule has 0 amide bonds. The number of aromatic hydroxyl groups is 1. The normalized spacial score (nSPS) is 10.7. The number of benzene rings is 1. The maximum atomic E-state index is 9.24. The Labute approximate surface area is 108 Å². The molecule has 4 nitrogen and oxygen atoms in total. The fourth-order valence-electron chi connectivity index (χ4n) is 1.77. The van der Waals surface area contributed by atoms with Gasteiger partial charge >= 0.3 is 0 Å². The fraction of sp³-hybridized carbons (Fsp3) is 0. The quantitative estimate of drug-likeness (QED) is 0.693. The molecule has 0 aliphatic carbocycles. The second-order valence-corrected chi connectivity index (χ2v) is 4.23. The number of anilines is 2. The summed E-state index contributed by atoms with van der Waals surface area (Å²) in [4.78, 5) is 0. The van der Waals surface area contributed by atoms with Gasteiger partial charge in [0.25, 0.3) is 0 Å². The molecule has 0 spiro atoms. The maximum absolute atomic E-state index is 9.24. The van der Waals surface area contributed by atoms with E-state index in [9.17, 15) is 5.11 Å². The van der Waals surface area contributed by atoms with Crippen LogP contribution in [0.3, 0.4) is 0 Å². The zero-order chi connectivity index (χ0) is 12.5. The smallest absolute Gasteiger partial charge is 0.175 e. The van der Waals surface area contributed by atoms with E-state index in [4.69, 9.17) is 11.6 Å². The number of pyridine rings is 1. The first-order chi connectivity index (χ1) is 8.74. The first kappa shape index (κ1) is 10.9. The van der Waals surface area contributed by atoms with E-state index in [1.165, 1.54) is 0 Å². The van der Waals surface area contributed by atoms with Gasteiger partial charge in [-0.1, -0.05) is 17.7 Å². The number of nitrogens with zero attached hydrogens (tertiary/aromatic N) is 2. The number of aromatic nitrogens is 2. The lowest BCUT2D eigenvalue weighted by molar-refractivity contribution is 0.475. The molecule has 5 heteroatoms. The van der Waals surface area contributed by atoms with Crippen molar-refractivity contribution >= 4 is 28.5 Å². The molecule has 1 aromatic carbocycles. The predicted molar refractivity (Wildman–Crippen MR) is 71.6 cm³/mol. The Morgan fingerprint density at radius 2 is 1.89 bits per heavy atom. The molecule has 90 valence electrons. The molecule has 2 aromatic heterocycles. The van der Waals surface area contributed by atoms with Crippen LogP contribution in [0, 0.1) is 0 Å². The summed E-state index contributed by atoms with van der Waals surface area (Å²) in [5.74, 6) is 0.228. The van der Waals surface area contributed by atoms with Crippen LogP contribution < -0.4 is 5.32 Å². The number of hydrogen-bond acceptors (Lipinski definition) is 3. The molecule has 0 saturated carbocycles. The molecule has 0 saturated heterocycles. The third-order valence-corrected chi connectivity index (χ3v) is 2.90. The molecule has 2 N–H and O–H groups in total. The standard InChI is InChI=1S/C13H10ClN3O/c14-13-12(11-3-1-2-8-17(11)16-13)15-9-4-6-10(18)7-5-9/h1-8,15,18H. The third kappa shape index (κ3) is 1.87. The average molecular weight is 260 g/mol. The number of nitrogens with one attached hydrogen (secondary N) is 1. The summed E-state index contributed by atoms with van der Waals surface area (Å²) in [6.45, 7) is 0. The Morgan fingerprint density at radius 1 is 1.11 bits per heavy atom. The Morgan fingerprint density at radius 3 is 2.67 bits per heavy atom. The highest BCUT2D eigenvalue weighted by atomic mass is 35.5. The molecule has 0 aliphatic heterocycles. The van der Waals surface area contributed by atoms with Crippen molar-refractivity contribution in [3.63, 3.8) is 0 Å². The Kier molecular flexibility index (Phi) is 2.57. The summed E-state index contributed by atoms with van der Waals surface area (Å²) >= 11 is 6.10. The first-order valence-electron chi connectivity index (χ1n) is 5.43. The Bertz CT molecular complexity index is 691. The molecule has 0 bridgehead atoms. The van der Waals surface area contributed by atoms with Crippen LogP contribution in [0.4, 0.5) is 11.4 Å². The average Bonchev–Trinajstić information content (AvgIpc) is 2.69. The van der Waals surface area contributed by atoms with Gasteiger partial charge in [0, 0.05) is 11.9 Å². The van der Waals surface area contributed by atoms with E-state index in [-0.39, 0.29) is 5.75 Å². The van der Waals surface area contributed by atoms with E-state index in [1.807, 2.05) is 24.4 Å². The van der Waals surface area contributed by atoms with Crippen LogP contribution in [0.15, 0.2) is 48.7 Å². The van der Waals surface area contributed by atoms with E-state index in [0.717, 1.165) is 16.9 Å². The maximum Gasteiger partial charge on any atom is 0.175 e. The lowest BCUT2D eigenvalue weighted by Crippen LogP contribution is -1.90. The minimum Gasteiger partial charge on any atom is -0.508 e. The molecule has 0 aliphatic rings. The van der Waals surface area contributed by atoms with Gasteiger partial charge in [0.15, 0.2) is 5.15 Å². The second kappa shape index (κ2) is 4.23. The molecule has 2 heterocycles. The van der Waals surface area contributed by atoms with Gasteiger partial charge in [-0.15, -0.1) is 0 Å². The van der Waals surface area contributed by atoms with Crippen molar-refractivity contribution in [1.29, 1.82) is 0 Å². The fourth-order valence-corrected chi connectivity index (χ4v) is 2.00. The summed E-state index contributed by atoms with van der Waals surface area (Å²) in [6, 6.07) is 12.5. The molecule has 0 unspecified atom stereocenters. The van der Waals surface area contributed by atoms with Crippen LogP contribution in [-0.2, 0) is 0 Å². The van der Waals surface area contributed by atoms with Gasteiger partial charge in [-0.25, -0.2) is 4.52 Å². The van der Waals surface area contributed by atoms with Crippen LogP contribution in [0.5, 0.6) is 5.75 Å². The van der Waals surface area contributed by atoms with Crippen LogP contribution in [0.25, 0.3) is 5.52 Å². The van der Waals surface area contributed by atoms with Gasteiger partial charge in [0.2, 0.25) is 0 Å². The van der Waals surface area contributed by atoms with Crippen molar-refractivity contribution in [1.82, 2.24) is 9.61 Å². The van der Waals surface area contributed by atoms with Crippen molar-refractivity contribution in [2.24, 2.45) is 0 Å². The topological polar surface area (TPSA) is 49.6 Å². The largest absolute Gasteiger partial charge is 0.508 e. The van der Waals surface area contributed by atoms with Crippen LogP contribution in [0.2, 0.25) is 5.15 Å². The van der Waals surface area contributed by atoms with Crippen LogP contribution in [-0.4, -0.2) is 14.7 Å². The second-order valence-electron chi connectivity index (χ2n) is 3.87. The Balaban J connectivity index is 2.04. The van der Waals surface area contributed by atoms with E-state index < -0.39 is 0 Å². The van der Waals surface area contributed by atoms with E-state index in [2.05, 4.69) is 10.4 Å². The van der Waals surface area contributed by atoms with Crippen molar-refractivity contribution in [3.8, 4) is 5.75 Å². The molecule has 0 atom stereocenters. The summed E-state index contributed by atoms with van der Waals surface area (Å²) in [7, 11) is 0. The van der Waals surface area contributed by atoms with Crippen LogP contribution in [0.1, 0.15) is 0 Å². The van der Waals surface area contributed by atoms with E-state index >= 15 is 0 Å². The zero-order valence-electron chi connectivity index (χ0n) is 9.34. The highest BCUT2D eigenvalue weighted by molar-refractivity contribution is 6.33. The molecule has 3 rings (SSSR count). The number of fused-ring (bicyclic) bond motifs is 1. The summed E-state index contributed by atoms with van der Waals surface area (Å²) in [5, 5.41) is 17.0. The predicted octanol–water partition coefficient (Wildman–Crippen LogP) is 3.44. The number of rotatable bonds is 2. The number of hydrogen-bond donors (Lipinski definition) is 2. The van der Waals surface area contributed by atoms with Crippen molar-refractivity contribution in [3.05, 3.63) is 53.8 Å². The monoisotopic (exact) mass is 259 g/mol. The highest BCUT2D eigenvalue weighted by Crippen LogP contribution is 2.29. The molecule has 3 aromatic rings. The van der Waals surface area contributed by atoms with Crippen molar-refractivity contribution in [2.45, 2.75) is 0 Å². The number of phenols is 1.